The quantitative estimate of drug-likeness (QED) is 0.793. The van der Waals surface area contributed by atoms with Gasteiger partial charge in [0.15, 0.2) is 0 Å². The fraction of sp³-hybridized carbons (Fsp3) is 0.600. The molecule has 0 aromatic heterocycles. The van der Waals surface area contributed by atoms with E-state index in [1.807, 2.05) is 11.8 Å². The van der Waals surface area contributed by atoms with Crippen molar-refractivity contribution in [2.45, 2.75) is 57.9 Å². The first-order chi connectivity index (χ1) is 12.6. The number of halogens is 1. The van der Waals surface area contributed by atoms with Gasteiger partial charge < -0.3 is 9.64 Å². The molecule has 3 rings (SSSR count). The summed E-state index contributed by atoms with van der Waals surface area (Å²) in [5, 5.41) is 3.00. The number of benzene rings is 1. The van der Waals surface area contributed by atoms with Gasteiger partial charge in [-0.15, -0.1) is 0 Å². The maximum Gasteiger partial charge on any atom is 0.411 e. The first kappa shape index (κ1) is 19.0. The van der Waals surface area contributed by atoms with Crippen LogP contribution in [-0.4, -0.2) is 36.1 Å². The number of amides is 2. The topological polar surface area (TPSA) is 58.6 Å². The molecule has 1 N–H and O–H groups in total. The van der Waals surface area contributed by atoms with Crippen LogP contribution < -0.4 is 5.32 Å². The van der Waals surface area contributed by atoms with Gasteiger partial charge in [0.25, 0.3) is 5.91 Å². The van der Waals surface area contributed by atoms with E-state index >= 15 is 0 Å². The standard InChI is InChI=1S/C20H27ClN2O3/c1-2-12-26-20(25)22-15-9-10-16(17(21)13-15)19(24)23-11-5-7-14-6-3-4-8-18(14)23/h9-10,13-14,18H,2-8,11-12H2,1H3,(H,22,25)/t14-,18-/m1/s1. The van der Waals surface area contributed by atoms with Gasteiger partial charge in [0.1, 0.15) is 0 Å². The Labute approximate surface area is 160 Å². The molecule has 2 atom stereocenters. The van der Waals surface area contributed by atoms with Crippen LogP contribution in [-0.2, 0) is 4.74 Å². The molecule has 6 heteroatoms. The second-order valence-electron chi connectivity index (χ2n) is 7.21. The molecule has 1 aliphatic carbocycles. The van der Waals surface area contributed by atoms with Crippen molar-refractivity contribution in [3.05, 3.63) is 28.8 Å². The van der Waals surface area contributed by atoms with Crippen molar-refractivity contribution >= 4 is 29.3 Å². The highest BCUT2D eigenvalue weighted by molar-refractivity contribution is 6.34. The number of piperidine rings is 1. The Morgan fingerprint density at radius 3 is 2.77 bits per heavy atom. The third kappa shape index (κ3) is 4.32. The number of likely N-dealkylation sites (tertiary alicyclic amines) is 1. The average molecular weight is 379 g/mol. The summed E-state index contributed by atoms with van der Waals surface area (Å²) in [6.45, 7) is 3.11. The van der Waals surface area contributed by atoms with Crippen molar-refractivity contribution in [1.29, 1.82) is 0 Å². The molecule has 5 nitrogen and oxygen atoms in total. The molecule has 2 amide bonds. The molecule has 2 fully saturated rings. The van der Waals surface area contributed by atoms with E-state index in [1.165, 1.54) is 25.7 Å². The zero-order chi connectivity index (χ0) is 18.5. The number of anilines is 1. The molecule has 26 heavy (non-hydrogen) atoms. The molecule has 1 saturated carbocycles. The van der Waals surface area contributed by atoms with Gasteiger partial charge in [0, 0.05) is 18.3 Å². The fourth-order valence-electron chi connectivity index (χ4n) is 4.15. The van der Waals surface area contributed by atoms with Gasteiger partial charge in [0.05, 0.1) is 17.2 Å². The minimum absolute atomic E-state index is 0.00621. The zero-order valence-electron chi connectivity index (χ0n) is 15.3. The lowest BCUT2D eigenvalue weighted by molar-refractivity contribution is 0.0391. The molecule has 142 valence electrons. The minimum Gasteiger partial charge on any atom is -0.449 e. The zero-order valence-corrected chi connectivity index (χ0v) is 16.1. The van der Waals surface area contributed by atoms with Crippen LogP contribution in [0.25, 0.3) is 0 Å². The number of nitrogens with zero attached hydrogens (tertiary/aromatic N) is 1. The van der Waals surface area contributed by atoms with Crippen molar-refractivity contribution in [2.24, 2.45) is 5.92 Å². The number of ether oxygens (including phenoxy) is 1. The largest absolute Gasteiger partial charge is 0.449 e. The van der Waals surface area contributed by atoms with E-state index in [2.05, 4.69) is 5.32 Å². The van der Waals surface area contributed by atoms with Gasteiger partial charge in [0.2, 0.25) is 0 Å². The lowest BCUT2D eigenvalue weighted by atomic mass is 9.78. The van der Waals surface area contributed by atoms with Crippen LogP contribution in [0.4, 0.5) is 10.5 Å². The smallest absolute Gasteiger partial charge is 0.411 e. The van der Waals surface area contributed by atoms with Gasteiger partial charge in [-0.1, -0.05) is 31.4 Å². The highest BCUT2D eigenvalue weighted by Gasteiger charge is 2.36. The molecule has 1 aromatic rings. The van der Waals surface area contributed by atoms with Crippen molar-refractivity contribution in [3.8, 4) is 0 Å². The van der Waals surface area contributed by atoms with Crippen molar-refractivity contribution in [3.63, 3.8) is 0 Å². The van der Waals surface area contributed by atoms with E-state index in [9.17, 15) is 9.59 Å². The van der Waals surface area contributed by atoms with Crippen LogP contribution in [0.2, 0.25) is 5.02 Å². The first-order valence-corrected chi connectivity index (χ1v) is 10.0. The van der Waals surface area contributed by atoms with Gasteiger partial charge >= 0.3 is 6.09 Å². The molecule has 0 bridgehead atoms. The summed E-state index contributed by atoms with van der Waals surface area (Å²) in [5.41, 5.74) is 1.03. The van der Waals surface area contributed by atoms with Gasteiger partial charge in [-0.3, -0.25) is 10.1 Å². The normalized spacial score (nSPS) is 22.5. The Balaban J connectivity index is 1.70. The third-order valence-electron chi connectivity index (χ3n) is 5.39. The van der Waals surface area contributed by atoms with Gasteiger partial charge in [-0.05, 0) is 56.2 Å². The van der Waals surface area contributed by atoms with E-state index in [-0.39, 0.29) is 5.91 Å². The summed E-state index contributed by atoms with van der Waals surface area (Å²) in [7, 11) is 0. The monoisotopic (exact) mass is 378 g/mol. The van der Waals surface area contributed by atoms with Crippen molar-refractivity contribution < 1.29 is 14.3 Å². The Morgan fingerprint density at radius 1 is 1.23 bits per heavy atom. The van der Waals surface area contributed by atoms with Crippen LogP contribution in [0.15, 0.2) is 18.2 Å². The summed E-state index contributed by atoms with van der Waals surface area (Å²) >= 11 is 6.37. The predicted molar refractivity (Wildman–Crippen MR) is 103 cm³/mol. The molecule has 1 aliphatic heterocycles. The highest BCUT2D eigenvalue weighted by Crippen LogP contribution is 2.36. The number of nitrogens with one attached hydrogen (secondary N) is 1. The number of hydrogen-bond donors (Lipinski definition) is 1. The van der Waals surface area contributed by atoms with Crippen molar-refractivity contribution in [2.75, 3.05) is 18.5 Å². The summed E-state index contributed by atoms with van der Waals surface area (Å²) < 4.78 is 5.00. The SMILES string of the molecule is CCCOC(=O)Nc1ccc(C(=O)N2CCC[C@H]3CCCC[C@H]32)c(Cl)c1. The average Bonchev–Trinajstić information content (AvgIpc) is 2.65. The van der Waals surface area contributed by atoms with E-state index in [0.29, 0.717) is 34.8 Å². The third-order valence-corrected chi connectivity index (χ3v) is 5.70. The molecule has 0 spiro atoms. The lowest BCUT2D eigenvalue weighted by Crippen LogP contribution is -2.49. The number of carbonyl (C=O) groups excluding carboxylic acids is 2. The maximum atomic E-state index is 13.1. The Kier molecular flexibility index (Phi) is 6.41. The summed E-state index contributed by atoms with van der Waals surface area (Å²) in [5.74, 6) is 0.640. The molecular formula is C20H27ClN2O3. The predicted octanol–water partition coefficient (Wildman–Crippen LogP) is 5.09. The van der Waals surface area contributed by atoms with E-state index in [0.717, 1.165) is 25.8 Å². The molecule has 2 aliphatic rings. The van der Waals surface area contributed by atoms with Crippen LogP contribution in [0.3, 0.4) is 0 Å². The Bertz CT molecular complexity index is 662. The number of hydrogen-bond acceptors (Lipinski definition) is 3. The molecule has 1 heterocycles. The lowest BCUT2D eigenvalue weighted by Gasteiger charge is -2.44. The van der Waals surface area contributed by atoms with Crippen LogP contribution >= 0.6 is 11.6 Å². The minimum atomic E-state index is -0.511. The van der Waals surface area contributed by atoms with Crippen LogP contribution in [0.5, 0.6) is 0 Å². The summed E-state index contributed by atoms with van der Waals surface area (Å²) in [6.07, 6.45) is 7.34. The second-order valence-corrected chi connectivity index (χ2v) is 7.62. The Morgan fingerprint density at radius 2 is 2.00 bits per heavy atom. The fourth-order valence-corrected chi connectivity index (χ4v) is 4.41. The van der Waals surface area contributed by atoms with Crippen LogP contribution in [0, 0.1) is 5.92 Å². The number of rotatable bonds is 4. The van der Waals surface area contributed by atoms with E-state index < -0.39 is 6.09 Å². The molecule has 0 unspecified atom stereocenters. The van der Waals surface area contributed by atoms with E-state index in [1.54, 1.807) is 18.2 Å². The molecule has 1 aromatic carbocycles. The highest BCUT2D eigenvalue weighted by atomic mass is 35.5. The number of carbonyl (C=O) groups is 2. The second kappa shape index (κ2) is 8.76. The van der Waals surface area contributed by atoms with Crippen LogP contribution in [0.1, 0.15) is 62.2 Å². The van der Waals surface area contributed by atoms with Gasteiger partial charge in [-0.2, -0.15) is 0 Å². The summed E-state index contributed by atoms with van der Waals surface area (Å²) in [4.78, 5) is 26.8. The molecule has 1 saturated heterocycles. The molecule has 0 radical (unpaired) electrons. The summed E-state index contributed by atoms with van der Waals surface area (Å²) in [6, 6.07) is 5.37. The first-order valence-electron chi connectivity index (χ1n) is 9.64. The maximum absolute atomic E-state index is 13.1. The molecular weight excluding hydrogens is 352 g/mol. The number of fused-ring (bicyclic) bond motifs is 1. The van der Waals surface area contributed by atoms with Gasteiger partial charge in [-0.25, -0.2) is 4.79 Å². The van der Waals surface area contributed by atoms with E-state index in [4.69, 9.17) is 16.3 Å². The van der Waals surface area contributed by atoms with Crippen molar-refractivity contribution in [1.82, 2.24) is 4.90 Å². The Hall–Kier alpha value is -1.75.